The van der Waals surface area contributed by atoms with Gasteiger partial charge in [-0.15, -0.1) is 0 Å². The van der Waals surface area contributed by atoms with Crippen LogP contribution in [0.15, 0.2) is 30.6 Å². The second-order valence-corrected chi connectivity index (χ2v) is 3.46. The van der Waals surface area contributed by atoms with E-state index in [1.165, 1.54) is 0 Å². The van der Waals surface area contributed by atoms with Crippen molar-refractivity contribution in [1.82, 2.24) is 9.97 Å². The van der Waals surface area contributed by atoms with Crippen LogP contribution in [0.1, 0.15) is 18.6 Å². The number of nitrogens with zero attached hydrogens (tertiary/aromatic N) is 2. The van der Waals surface area contributed by atoms with E-state index in [4.69, 9.17) is 4.74 Å². The molecule has 5 nitrogen and oxygen atoms in total. The van der Waals surface area contributed by atoms with Crippen molar-refractivity contribution >= 4 is 17.0 Å². The minimum absolute atomic E-state index is 0.239. The maximum atomic E-state index is 11.4. The molecule has 0 aliphatic carbocycles. The molecule has 0 fully saturated rings. The zero-order chi connectivity index (χ0) is 12.3. The molecule has 0 saturated heterocycles. The van der Waals surface area contributed by atoms with Crippen LogP contribution in [0.5, 0.6) is 0 Å². The number of esters is 1. The molecule has 88 valence electrons. The smallest absolute Gasteiger partial charge is 0.339 e. The Morgan fingerprint density at radius 1 is 1.35 bits per heavy atom. The van der Waals surface area contributed by atoms with Gasteiger partial charge in [0.25, 0.3) is 0 Å². The monoisotopic (exact) mass is 232 g/mol. The lowest BCUT2D eigenvalue weighted by molar-refractivity contribution is -0.153. The summed E-state index contributed by atoms with van der Waals surface area (Å²) in [7, 11) is 0. The maximum absolute atomic E-state index is 11.4. The van der Waals surface area contributed by atoms with E-state index in [0.29, 0.717) is 16.6 Å². The first-order chi connectivity index (χ1) is 8.22. The summed E-state index contributed by atoms with van der Waals surface area (Å²) >= 11 is 0. The van der Waals surface area contributed by atoms with Crippen LogP contribution in [0.4, 0.5) is 0 Å². The summed E-state index contributed by atoms with van der Waals surface area (Å²) in [5.74, 6) is -0.657. The number of hydrogen-bond donors (Lipinski definition) is 1. The number of carbonyl (C=O) groups excluding carboxylic acids is 1. The van der Waals surface area contributed by atoms with Crippen LogP contribution in [0.25, 0.3) is 11.0 Å². The third-order valence-corrected chi connectivity index (χ3v) is 2.32. The first kappa shape index (κ1) is 11.5. The minimum atomic E-state index is -1.28. The van der Waals surface area contributed by atoms with Crippen molar-refractivity contribution < 1.29 is 14.6 Å². The largest absolute Gasteiger partial charge is 0.464 e. The van der Waals surface area contributed by atoms with E-state index in [1.54, 1.807) is 37.5 Å². The molecule has 0 radical (unpaired) electrons. The van der Waals surface area contributed by atoms with Gasteiger partial charge in [-0.25, -0.2) is 4.79 Å². The highest BCUT2D eigenvalue weighted by Gasteiger charge is 2.18. The van der Waals surface area contributed by atoms with E-state index < -0.39 is 12.1 Å². The number of rotatable bonds is 3. The fraction of sp³-hybridized carbons (Fsp3) is 0.250. The third-order valence-electron chi connectivity index (χ3n) is 2.32. The molecule has 1 atom stereocenters. The minimum Gasteiger partial charge on any atom is -0.464 e. The molecule has 1 aromatic heterocycles. The number of fused-ring (bicyclic) bond motifs is 1. The zero-order valence-corrected chi connectivity index (χ0v) is 9.33. The van der Waals surface area contributed by atoms with Gasteiger partial charge < -0.3 is 9.84 Å². The molecule has 0 aliphatic rings. The van der Waals surface area contributed by atoms with Gasteiger partial charge in [0.1, 0.15) is 0 Å². The highest BCUT2D eigenvalue weighted by molar-refractivity contribution is 5.80. The first-order valence-electron chi connectivity index (χ1n) is 5.27. The molecule has 0 bridgehead atoms. The molecule has 1 unspecified atom stereocenters. The summed E-state index contributed by atoms with van der Waals surface area (Å²) < 4.78 is 4.75. The molecule has 0 aliphatic heterocycles. The van der Waals surface area contributed by atoms with Gasteiger partial charge in [0.05, 0.1) is 17.6 Å². The SMILES string of the molecule is CCOC(=O)C(O)c1ccc2nccnc2c1. The zero-order valence-electron chi connectivity index (χ0n) is 9.33. The number of aromatic nitrogens is 2. The van der Waals surface area contributed by atoms with Gasteiger partial charge in [0.2, 0.25) is 0 Å². The Balaban J connectivity index is 2.32. The lowest BCUT2D eigenvalue weighted by atomic mass is 10.1. The molecule has 0 spiro atoms. The molecule has 1 N–H and O–H groups in total. The number of carbonyl (C=O) groups is 1. The Labute approximate surface area is 98.1 Å². The average molecular weight is 232 g/mol. The Morgan fingerprint density at radius 2 is 2.06 bits per heavy atom. The molecule has 0 amide bonds. The standard InChI is InChI=1S/C12H12N2O3/c1-2-17-12(16)11(15)8-3-4-9-10(7-8)14-6-5-13-9/h3-7,11,15H,2H2,1H3. The summed E-state index contributed by atoms with van der Waals surface area (Å²) in [5.41, 5.74) is 1.80. The normalized spacial score (nSPS) is 12.4. The molecule has 1 heterocycles. The Bertz CT molecular complexity index is 542. The molecular formula is C12H12N2O3. The molecule has 0 saturated carbocycles. The second-order valence-electron chi connectivity index (χ2n) is 3.46. The molecule has 5 heteroatoms. The van der Waals surface area contributed by atoms with Crippen LogP contribution in [0.3, 0.4) is 0 Å². The summed E-state index contributed by atoms with van der Waals surface area (Å²) in [5, 5.41) is 9.76. The highest BCUT2D eigenvalue weighted by atomic mass is 16.5. The van der Waals surface area contributed by atoms with Crippen LogP contribution < -0.4 is 0 Å². The van der Waals surface area contributed by atoms with Gasteiger partial charge in [-0.1, -0.05) is 6.07 Å². The first-order valence-corrected chi connectivity index (χ1v) is 5.27. The van der Waals surface area contributed by atoms with E-state index >= 15 is 0 Å². The number of ether oxygens (including phenoxy) is 1. The van der Waals surface area contributed by atoms with E-state index in [2.05, 4.69) is 9.97 Å². The quantitative estimate of drug-likeness (QED) is 0.806. The average Bonchev–Trinajstić information content (AvgIpc) is 2.37. The Morgan fingerprint density at radius 3 is 2.76 bits per heavy atom. The van der Waals surface area contributed by atoms with Crippen molar-refractivity contribution in [2.24, 2.45) is 0 Å². The van der Waals surface area contributed by atoms with E-state index in [1.807, 2.05) is 0 Å². The number of hydrogen-bond acceptors (Lipinski definition) is 5. The molecular weight excluding hydrogens is 220 g/mol. The highest BCUT2D eigenvalue weighted by Crippen LogP contribution is 2.18. The van der Waals surface area contributed by atoms with Crippen molar-refractivity contribution in [2.75, 3.05) is 6.61 Å². The van der Waals surface area contributed by atoms with Crippen molar-refractivity contribution in [3.63, 3.8) is 0 Å². The van der Waals surface area contributed by atoms with Crippen LogP contribution in [-0.4, -0.2) is 27.7 Å². The fourth-order valence-electron chi connectivity index (χ4n) is 1.51. The lowest BCUT2D eigenvalue weighted by Crippen LogP contribution is -2.15. The summed E-state index contributed by atoms with van der Waals surface area (Å²) in [6, 6.07) is 4.97. The van der Waals surface area contributed by atoms with Gasteiger partial charge in [-0.2, -0.15) is 0 Å². The van der Waals surface area contributed by atoms with Crippen molar-refractivity contribution in [3.8, 4) is 0 Å². The van der Waals surface area contributed by atoms with Crippen LogP contribution in [0, 0.1) is 0 Å². The second kappa shape index (κ2) is 4.88. The van der Waals surface area contributed by atoms with E-state index in [9.17, 15) is 9.90 Å². The van der Waals surface area contributed by atoms with Crippen molar-refractivity contribution in [2.45, 2.75) is 13.0 Å². The predicted molar refractivity (Wildman–Crippen MR) is 61.1 cm³/mol. The van der Waals surface area contributed by atoms with Crippen molar-refractivity contribution in [3.05, 3.63) is 36.2 Å². The third kappa shape index (κ3) is 2.39. The van der Waals surface area contributed by atoms with Gasteiger partial charge in [0.15, 0.2) is 6.10 Å². The lowest BCUT2D eigenvalue weighted by Gasteiger charge is -2.10. The summed E-state index contributed by atoms with van der Waals surface area (Å²) in [6.45, 7) is 1.93. The van der Waals surface area contributed by atoms with Gasteiger partial charge >= 0.3 is 5.97 Å². The molecule has 17 heavy (non-hydrogen) atoms. The molecule has 2 rings (SSSR count). The Kier molecular flexibility index (Phi) is 3.30. The number of aliphatic hydroxyl groups is 1. The van der Waals surface area contributed by atoms with Crippen LogP contribution in [0.2, 0.25) is 0 Å². The number of benzene rings is 1. The number of aliphatic hydroxyl groups excluding tert-OH is 1. The van der Waals surface area contributed by atoms with Crippen molar-refractivity contribution in [1.29, 1.82) is 0 Å². The van der Waals surface area contributed by atoms with Crippen LogP contribution in [-0.2, 0) is 9.53 Å². The van der Waals surface area contributed by atoms with E-state index in [-0.39, 0.29) is 6.61 Å². The maximum Gasteiger partial charge on any atom is 0.339 e. The summed E-state index contributed by atoms with van der Waals surface area (Å²) in [6.07, 6.45) is 1.87. The van der Waals surface area contributed by atoms with E-state index in [0.717, 1.165) is 0 Å². The Hall–Kier alpha value is -2.01. The molecule has 2 aromatic rings. The van der Waals surface area contributed by atoms with Gasteiger partial charge in [0, 0.05) is 12.4 Å². The van der Waals surface area contributed by atoms with Crippen LogP contribution >= 0.6 is 0 Å². The predicted octanol–water partition coefficient (Wildman–Crippen LogP) is 1.23. The topological polar surface area (TPSA) is 72.3 Å². The molecule has 1 aromatic carbocycles. The summed E-state index contributed by atoms with van der Waals surface area (Å²) in [4.78, 5) is 19.6. The van der Waals surface area contributed by atoms with Gasteiger partial charge in [-0.3, -0.25) is 9.97 Å². The van der Waals surface area contributed by atoms with Gasteiger partial charge in [-0.05, 0) is 24.6 Å². The fourth-order valence-corrected chi connectivity index (χ4v) is 1.51.